The number of hydrogen-bond donors (Lipinski definition) is 2. The van der Waals surface area contributed by atoms with Crippen molar-refractivity contribution in [1.82, 2.24) is 15.1 Å². The average molecular weight is 364 g/mol. The van der Waals surface area contributed by atoms with E-state index in [-0.39, 0.29) is 18.2 Å². The molecule has 27 heavy (non-hydrogen) atoms. The number of amides is 2. The first kappa shape index (κ1) is 17.0. The van der Waals surface area contributed by atoms with E-state index in [0.29, 0.717) is 17.8 Å². The summed E-state index contributed by atoms with van der Waals surface area (Å²) in [6.07, 6.45) is 3.55. The van der Waals surface area contributed by atoms with Gasteiger partial charge in [-0.25, -0.2) is 9.07 Å². The third-order valence-electron chi connectivity index (χ3n) is 4.54. The third kappa shape index (κ3) is 3.57. The largest absolute Gasteiger partial charge is 0.351 e. The quantitative estimate of drug-likeness (QED) is 0.747. The van der Waals surface area contributed by atoms with Crippen LogP contribution in [0.1, 0.15) is 23.5 Å². The molecule has 0 bridgehead atoms. The summed E-state index contributed by atoms with van der Waals surface area (Å²) in [4.78, 5) is 24.5. The van der Waals surface area contributed by atoms with Gasteiger partial charge in [-0.05, 0) is 47.5 Å². The van der Waals surface area contributed by atoms with E-state index in [1.165, 1.54) is 18.2 Å². The summed E-state index contributed by atoms with van der Waals surface area (Å²) in [6.45, 7) is 0.320. The van der Waals surface area contributed by atoms with Gasteiger partial charge in [0.1, 0.15) is 5.82 Å². The van der Waals surface area contributed by atoms with Crippen molar-refractivity contribution in [3.8, 4) is 5.69 Å². The Labute approximate surface area is 155 Å². The van der Waals surface area contributed by atoms with Gasteiger partial charge in [-0.3, -0.25) is 9.59 Å². The first-order valence-electron chi connectivity index (χ1n) is 8.56. The number of carbonyl (C=O) groups is 2. The molecule has 1 aromatic heterocycles. The van der Waals surface area contributed by atoms with E-state index in [9.17, 15) is 14.0 Å². The zero-order valence-electron chi connectivity index (χ0n) is 14.4. The Morgan fingerprint density at radius 1 is 1.26 bits per heavy atom. The fraction of sp³-hybridized carbons (Fsp3) is 0.150. The fourth-order valence-electron chi connectivity index (χ4n) is 3.17. The van der Waals surface area contributed by atoms with Crippen LogP contribution in [0.4, 0.5) is 10.1 Å². The average Bonchev–Trinajstić information content (AvgIpc) is 3.21. The molecule has 1 aliphatic heterocycles. The first-order valence-corrected chi connectivity index (χ1v) is 8.56. The second kappa shape index (κ2) is 7.03. The Balaban J connectivity index is 1.45. The smallest absolute Gasteiger partial charge is 0.228 e. The summed E-state index contributed by atoms with van der Waals surface area (Å²) >= 11 is 0. The lowest BCUT2D eigenvalue weighted by atomic mass is 9.89. The lowest BCUT2D eigenvalue weighted by Gasteiger charge is -2.25. The van der Waals surface area contributed by atoms with E-state index >= 15 is 0 Å². The van der Waals surface area contributed by atoms with Gasteiger partial charge in [0.05, 0.1) is 11.6 Å². The van der Waals surface area contributed by atoms with Crippen LogP contribution in [-0.4, -0.2) is 21.6 Å². The minimum Gasteiger partial charge on any atom is -0.351 e. The molecule has 2 aromatic carbocycles. The number of rotatable bonds is 4. The molecule has 0 saturated heterocycles. The third-order valence-corrected chi connectivity index (χ3v) is 4.54. The summed E-state index contributed by atoms with van der Waals surface area (Å²) in [5, 5.41) is 9.68. The van der Waals surface area contributed by atoms with Gasteiger partial charge in [0.25, 0.3) is 0 Å². The summed E-state index contributed by atoms with van der Waals surface area (Å²) < 4.78 is 15.3. The molecule has 7 heteroatoms. The highest BCUT2D eigenvalue weighted by molar-refractivity contribution is 6.01. The molecule has 0 saturated carbocycles. The maximum absolute atomic E-state index is 13.6. The molecule has 1 aliphatic rings. The maximum Gasteiger partial charge on any atom is 0.228 e. The van der Waals surface area contributed by atoms with Crippen molar-refractivity contribution >= 4 is 17.5 Å². The molecule has 3 aromatic rings. The predicted octanol–water partition coefficient (Wildman–Crippen LogP) is 2.75. The molecule has 136 valence electrons. The number of benzene rings is 2. The highest BCUT2D eigenvalue weighted by atomic mass is 19.1. The van der Waals surface area contributed by atoms with Crippen molar-refractivity contribution in [3.63, 3.8) is 0 Å². The van der Waals surface area contributed by atoms with Gasteiger partial charge in [-0.2, -0.15) is 5.10 Å². The summed E-state index contributed by atoms with van der Waals surface area (Å²) in [6, 6.07) is 13.5. The SMILES string of the molecule is O=C1C[C@H](C(=O)NCc2ccc(-n3cccn3)cc2)c2cc(F)ccc2N1. The van der Waals surface area contributed by atoms with Crippen LogP contribution in [0, 0.1) is 5.82 Å². The van der Waals surface area contributed by atoms with E-state index in [2.05, 4.69) is 15.7 Å². The molecule has 4 rings (SSSR count). The van der Waals surface area contributed by atoms with Crippen LogP contribution in [0.3, 0.4) is 0 Å². The van der Waals surface area contributed by atoms with Gasteiger partial charge in [-0.1, -0.05) is 12.1 Å². The number of carbonyl (C=O) groups excluding carboxylic acids is 2. The molecule has 2 heterocycles. The van der Waals surface area contributed by atoms with Gasteiger partial charge in [-0.15, -0.1) is 0 Å². The van der Waals surface area contributed by atoms with Gasteiger partial charge in [0.15, 0.2) is 0 Å². The van der Waals surface area contributed by atoms with Crippen LogP contribution >= 0.6 is 0 Å². The number of hydrogen-bond acceptors (Lipinski definition) is 3. The molecular weight excluding hydrogens is 347 g/mol. The van der Waals surface area contributed by atoms with E-state index in [4.69, 9.17) is 0 Å². The predicted molar refractivity (Wildman–Crippen MR) is 97.8 cm³/mol. The van der Waals surface area contributed by atoms with Gasteiger partial charge in [0, 0.05) is 31.0 Å². The van der Waals surface area contributed by atoms with Crippen molar-refractivity contribution in [1.29, 1.82) is 0 Å². The minimum atomic E-state index is -0.701. The molecule has 0 fully saturated rings. The molecule has 1 atom stereocenters. The highest BCUT2D eigenvalue weighted by Gasteiger charge is 2.30. The van der Waals surface area contributed by atoms with E-state index in [0.717, 1.165) is 11.3 Å². The van der Waals surface area contributed by atoms with E-state index < -0.39 is 11.7 Å². The fourth-order valence-corrected chi connectivity index (χ4v) is 3.17. The van der Waals surface area contributed by atoms with E-state index in [1.54, 1.807) is 10.9 Å². The molecular formula is C20H17FN4O2. The normalized spacial score (nSPS) is 15.7. The van der Waals surface area contributed by atoms with E-state index in [1.807, 2.05) is 36.5 Å². The Hall–Kier alpha value is -3.48. The molecule has 0 spiro atoms. The van der Waals surface area contributed by atoms with Crippen LogP contribution in [0.25, 0.3) is 5.69 Å². The molecule has 2 amide bonds. The Morgan fingerprint density at radius 2 is 2.07 bits per heavy atom. The molecule has 0 radical (unpaired) electrons. The van der Waals surface area contributed by atoms with Crippen LogP contribution in [-0.2, 0) is 16.1 Å². The lowest BCUT2D eigenvalue weighted by molar-refractivity contribution is -0.126. The molecule has 0 unspecified atom stereocenters. The number of nitrogens with one attached hydrogen (secondary N) is 2. The molecule has 0 aliphatic carbocycles. The van der Waals surface area contributed by atoms with Gasteiger partial charge < -0.3 is 10.6 Å². The Morgan fingerprint density at radius 3 is 2.81 bits per heavy atom. The Bertz CT molecular complexity index is 984. The summed E-state index contributed by atoms with van der Waals surface area (Å²) in [5.74, 6) is -1.68. The van der Waals surface area contributed by atoms with Gasteiger partial charge >= 0.3 is 0 Å². The zero-order chi connectivity index (χ0) is 18.8. The van der Waals surface area contributed by atoms with Crippen molar-refractivity contribution in [2.24, 2.45) is 0 Å². The van der Waals surface area contributed by atoms with Crippen molar-refractivity contribution in [3.05, 3.63) is 77.9 Å². The first-order chi connectivity index (χ1) is 13.1. The van der Waals surface area contributed by atoms with Crippen LogP contribution in [0.15, 0.2) is 60.9 Å². The number of nitrogens with zero attached hydrogens (tertiary/aromatic N) is 2. The van der Waals surface area contributed by atoms with Crippen molar-refractivity contribution in [2.75, 3.05) is 5.32 Å². The Kier molecular flexibility index (Phi) is 4.42. The monoisotopic (exact) mass is 364 g/mol. The van der Waals surface area contributed by atoms with Crippen LogP contribution in [0.2, 0.25) is 0 Å². The van der Waals surface area contributed by atoms with Crippen LogP contribution in [0.5, 0.6) is 0 Å². The maximum atomic E-state index is 13.6. The molecule has 6 nitrogen and oxygen atoms in total. The second-order valence-electron chi connectivity index (χ2n) is 6.37. The highest BCUT2D eigenvalue weighted by Crippen LogP contribution is 2.32. The van der Waals surface area contributed by atoms with Crippen molar-refractivity contribution < 1.29 is 14.0 Å². The standard InChI is InChI=1S/C20H17FN4O2/c21-14-4-7-18-16(10-14)17(11-19(26)24-18)20(27)22-12-13-2-5-15(6-3-13)25-9-1-8-23-25/h1-10,17H,11-12H2,(H,22,27)(H,24,26)/t17-/m0/s1. The minimum absolute atomic E-state index is 0.000519. The zero-order valence-corrected chi connectivity index (χ0v) is 14.4. The van der Waals surface area contributed by atoms with Gasteiger partial charge in [0.2, 0.25) is 11.8 Å². The summed E-state index contributed by atoms with van der Waals surface area (Å²) in [7, 11) is 0. The second-order valence-corrected chi connectivity index (χ2v) is 6.37. The number of anilines is 1. The summed E-state index contributed by atoms with van der Waals surface area (Å²) in [5.41, 5.74) is 2.82. The molecule has 2 N–H and O–H groups in total. The number of halogens is 1. The number of fused-ring (bicyclic) bond motifs is 1. The lowest BCUT2D eigenvalue weighted by Crippen LogP contribution is -2.34. The topological polar surface area (TPSA) is 76.0 Å². The van der Waals surface area contributed by atoms with Crippen LogP contribution < -0.4 is 10.6 Å². The van der Waals surface area contributed by atoms with Crippen molar-refractivity contribution in [2.45, 2.75) is 18.9 Å². The number of aromatic nitrogens is 2.